The van der Waals surface area contributed by atoms with E-state index < -0.39 is 0 Å². The molecule has 0 spiro atoms. The fourth-order valence-corrected chi connectivity index (χ4v) is 1.15. The summed E-state index contributed by atoms with van der Waals surface area (Å²) in [5.74, 6) is 0. The summed E-state index contributed by atoms with van der Waals surface area (Å²) in [6, 6.07) is 2.08. The van der Waals surface area contributed by atoms with Crippen LogP contribution in [0, 0.1) is 0 Å². The van der Waals surface area contributed by atoms with Crippen molar-refractivity contribution in [2.75, 3.05) is 5.32 Å². The minimum absolute atomic E-state index is 0.322. The first-order valence-electron chi connectivity index (χ1n) is 3.67. The molecule has 0 radical (unpaired) electrons. The predicted molar refractivity (Wildman–Crippen MR) is 53.0 cm³/mol. The van der Waals surface area contributed by atoms with Gasteiger partial charge in [0.25, 0.3) is 0 Å². The number of hydrogen-bond acceptors (Lipinski definition) is 2. The van der Waals surface area contributed by atoms with Crippen LogP contribution in [0.3, 0.4) is 0 Å². The number of halogens is 2. The van der Waals surface area contributed by atoms with Gasteiger partial charge in [-0.2, -0.15) is 0 Å². The molecule has 1 heterocycles. The van der Waals surface area contributed by atoms with E-state index in [-0.39, 0.29) is 0 Å². The fraction of sp³-hybridized carbons (Fsp3) is 0.375. The summed E-state index contributed by atoms with van der Waals surface area (Å²) in [7, 11) is 0. The Bertz CT molecular complexity index is 274. The van der Waals surface area contributed by atoms with Gasteiger partial charge in [-0.15, -0.1) is 0 Å². The van der Waals surface area contributed by atoms with Crippen LogP contribution in [0.4, 0.5) is 5.69 Å². The maximum atomic E-state index is 5.81. The zero-order valence-corrected chi connectivity index (χ0v) is 8.45. The summed E-state index contributed by atoms with van der Waals surface area (Å²) in [6.45, 7) is 4.05. The summed E-state index contributed by atoms with van der Waals surface area (Å²) >= 11 is 11.5. The molecule has 0 amide bonds. The highest BCUT2D eigenvalue weighted by Gasteiger charge is 2.02. The van der Waals surface area contributed by atoms with Crippen LogP contribution in [0.2, 0.25) is 10.2 Å². The van der Waals surface area contributed by atoms with Gasteiger partial charge in [0.2, 0.25) is 0 Å². The average Bonchev–Trinajstić information content (AvgIpc) is 1.96. The van der Waals surface area contributed by atoms with E-state index in [1.807, 2.05) is 13.8 Å². The summed E-state index contributed by atoms with van der Waals surface area (Å²) in [6.07, 6.45) is 1.52. The SMILES string of the molecule is CC(C)Nc1cc(Cl)cnc1Cl. The van der Waals surface area contributed by atoms with Crippen molar-refractivity contribution in [3.8, 4) is 0 Å². The van der Waals surface area contributed by atoms with Crippen LogP contribution in [0.25, 0.3) is 0 Å². The van der Waals surface area contributed by atoms with E-state index in [1.165, 1.54) is 6.20 Å². The second kappa shape index (κ2) is 3.97. The van der Waals surface area contributed by atoms with Crippen molar-refractivity contribution in [3.63, 3.8) is 0 Å². The molecule has 0 unspecified atom stereocenters. The lowest BCUT2D eigenvalue weighted by Gasteiger charge is -2.10. The third-order valence-corrected chi connectivity index (χ3v) is 1.76. The maximum absolute atomic E-state index is 5.81. The van der Waals surface area contributed by atoms with Gasteiger partial charge in [0.15, 0.2) is 5.15 Å². The van der Waals surface area contributed by atoms with E-state index in [0.29, 0.717) is 16.2 Å². The van der Waals surface area contributed by atoms with Crippen LogP contribution in [0.15, 0.2) is 12.3 Å². The van der Waals surface area contributed by atoms with Gasteiger partial charge in [-0.25, -0.2) is 4.98 Å². The van der Waals surface area contributed by atoms with Gasteiger partial charge < -0.3 is 5.32 Å². The number of nitrogens with zero attached hydrogens (tertiary/aromatic N) is 1. The molecule has 4 heteroatoms. The quantitative estimate of drug-likeness (QED) is 0.749. The molecule has 1 aromatic rings. The Labute approximate surface area is 81.9 Å². The second-order valence-corrected chi connectivity index (χ2v) is 3.59. The van der Waals surface area contributed by atoms with Crippen LogP contribution in [0.5, 0.6) is 0 Å². The van der Waals surface area contributed by atoms with Gasteiger partial charge in [-0.3, -0.25) is 0 Å². The topological polar surface area (TPSA) is 24.9 Å². The minimum atomic E-state index is 0.322. The Kier molecular flexibility index (Phi) is 3.18. The molecule has 0 aliphatic carbocycles. The van der Waals surface area contributed by atoms with Gasteiger partial charge in [-0.1, -0.05) is 23.2 Å². The lowest BCUT2D eigenvalue weighted by atomic mass is 10.3. The molecule has 2 nitrogen and oxygen atoms in total. The van der Waals surface area contributed by atoms with Gasteiger partial charge in [0.1, 0.15) is 0 Å². The summed E-state index contributed by atoms with van der Waals surface area (Å²) in [5, 5.41) is 4.17. The first-order valence-corrected chi connectivity index (χ1v) is 4.43. The molecule has 12 heavy (non-hydrogen) atoms. The van der Waals surface area contributed by atoms with E-state index >= 15 is 0 Å². The third kappa shape index (κ3) is 2.54. The predicted octanol–water partition coefficient (Wildman–Crippen LogP) is 3.21. The third-order valence-electron chi connectivity index (χ3n) is 1.25. The molecule has 0 atom stereocenters. The minimum Gasteiger partial charge on any atom is -0.380 e. The van der Waals surface area contributed by atoms with E-state index in [0.717, 1.165) is 5.69 Å². The first-order chi connectivity index (χ1) is 5.59. The van der Waals surface area contributed by atoms with Gasteiger partial charge in [0.05, 0.1) is 10.7 Å². The average molecular weight is 205 g/mol. The zero-order chi connectivity index (χ0) is 9.14. The fourth-order valence-electron chi connectivity index (χ4n) is 0.835. The van der Waals surface area contributed by atoms with Crippen molar-refractivity contribution < 1.29 is 0 Å². The van der Waals surface area contributed by atoms with Crippen molar-refractivity contribution in [1.82, 2.24) is 4.98 Å². The molecule has 1 rings (SSSR count). The maximum Gasteiger partial charge on any atom is 0.152 e. The van der Waals surface area contributed by atoms with Crippen LogP contribution in [0.1, 0.15) is 13.8 Å². The zero-order valence-electron chi connectivity index (χ0n) is 6.94. The van der Waals surface area contributed by atoms with Crippen molar-refractivity contribution in [3.05, 3.63) is 22.4 Å². The van der Waals surface area contributed by atoms with E-state index in [9.17, 15) is 0 Å². The molecule has 0 aliphatic rings. The van der Waals surface area contributed by atoms with Gasteiger partial charge in [0, 0.05) is 12.2 Å². The van der Waals surface area contributed by atoms with E-state index in [2.05, 4.69) is 10.3 Å². The Hall–Kier alpha value is -0.470. The number of hydrogen-bond donors (Lipinski definition) is 1. The first kappa shape index (κ1) is 9.62. The van der Waals surface area contributed by atoms with Crippen molar-refractivity contribution >= 4 is 28.9 Å². The lowest BCUT2D eigenvalue weighted by Crippen LogP contribution is -2.10. The monoisotopic (exact) mass is 204 g/mol. The molecule has 0 fully saturated rings. The highest BCUT2D eigenvalue weighted by molar-refractivity contribution is 6.34. The Morgan fingerprint density at radius 3 is 2.67 bits per heavy atom. The molecule has 0 saturated heterocycles. The molecule has 0 aliphatic heterocycles. The lowest BCUT2D eigenvalue weighted by molar-refractivity contribution is 0.898. The number of pyridine rings is 1. The Morgan fingerprint density at radius 2 is 2.08 bits per heavy atom. The van der Waals surface area contributed by atoms with E-state index in [4.69, 9.17) is 23.2 Å². The normalized spacial score (nSPS) is 10.4. The molecule has 0 aromatic carbocycles. The number of rotatable bonds is 2. The molecule has 0 bridgehead atoms. The molecular formula is C8H10Cl2N2. The standard InChI is InChI=1S/C8H10Cl2N2/c1-5(2)12-7-3-6(9)4-11-8(7)10/h3-5,12H,1-2H3. The van der Waals surface area contributed by atoms with Crippen molar-refractivity contribution in [2.45, 2.75) is 19.9 Å². The molecule has 66 valence electrons. The summed E-state index contributed by atoms with van der Waals surface area (Å²) < 4.78 is 0. The summed E-state index contributed by atoms with van der Waals surface area (Å²) in [4.78, 5) is 3.90. The Morgan fingerprint density at radius 1 is 1.42 bits per heavy atom. The molecule has 1 aromatic heterocycles. The summed E-state index contributed by atoms with van der Waals surface area (Å²) in [5.41, 5.74) is 0.777. The number of anilines is 1. The molecule has 1 N–H and O–H groups in total. The van der Waals surface area contributed by atoms with Crippen molar-refractivity contribution in [2.24, 2.45) is 0 Å². The highest BCUT2D eigenvalue weighted by atomic mass is 35.5. The van der Waals surface area contributed by atoms with Crippen LogP contribution in [-0.4, -0.2) is 11.0 Å². The van der Waals surface area contributed by atoms with E-state index in [1.54, 1.807) is 6.07 Å². The molecular weight excluding hydrogens is 195 g/mol. The van der Waals surface area contributed by atoms with Crippen LogP contribution >= 0.6 is 23.2 Å². The molecule has 0 saturated carbocycles. The smallest absolute Gasteiger partial charge is 0.152 e. The van der Waals surface area contributed by atoms with Gasteiger partial charge >= 0.3 is 0 Å². The second-order valence-electron chi connectivity index (χ2n) is 2.79. The highest BCUT2D eigenvalue weighted by Crippen LogP contribution is 2.22. The van der Waals surface area contributed by atoms with Crippen molar-refractivity contribution in [1.29, 1.82) is 0 Å². The number of nitrogens with one attached hydrogen (secondary N) is 1. The van der Waals surface area contributed by atoms with Crippen LogP contribution < -0.4 is 5.32 Å². The largest absolute Gasteiger partial charge is 0.380 e. The van der Waals surface area contributed by atoms with Gasteiger partial charge in [-0.05, 0) is 19.9 Å². The number of aromatic nitrogens is 1. The Balaban J connectivity index is 2.90. The van der Waals surface area contributed by atoms with Crippen LogP contribution in [-0.2, 0) is 0 Å².